The highest BCUT2D eigenvalue weighted by Crippen LogP contribution is 2.19. The van der Waals surface area contributed by atoms with E-state index in [2.05, 4.69) is 4.72 Å². The first kappa shape index (κ1) is 22.7. The molecule has 0 unspecified atom stereocenters. The number of piperidine rings is 1. The number of nitro groups is 1. The van der Waals surface area contributed by atoms with Gasteiger partial charge in [-0.15, -0.1) is 0 Å². The van der Waals surface area contributed by atoms with Crippen LogP contribution in [0.2, 0.25) is 0 Å². The molecule has 0 saturated carbocycles. The van der Waals surface area contributed by atoms with Crippen LogP contribution >= 0.6 is 0 Å². The summed E-state index contributed by atoms with van der Waals surface area (Å²) >= 11 is 0. The third-order valence-corrected chi connectivity index (χ3v) is 6.90. The lowest BCUT2D eigenvalue weighted by molar-refractivity contribution is -0.384. The Labute approximate surface area is 181 Å². The van der Waals surface area contributed by atoms with Crippen LogP contribution in [0, 0.1) is 24.0 Å². The van der Waals surface area contributed by atoms with Gasteiger partial charge in [0.05, 0.1) is 9.82 Å². The topological polar surface area (TPSA) is 119 Å². The number of nitro benzene ring substituents is 1. The molecule has 166 valence electrons. The van der Waals surface area contributed by atoms with Crippen molar-refractivity contribution in [2.75, 3.05) is 19.7 Å². The number of hydrogen-bond donors (Lipinski definition) is 1. The second kappa shape index (κ2) is 9.44. The highest BCUT2D eigenvalue weighted by Gasteiger charge is 2.27. The Morgan fingerprint density at radius 3 is 2.35 bits per heavy atom. The van der Waals surface area contributed by atoms with Crippen LogP contribution in [-0.2, 0) is 14.8 Å². The molecular formula is C21H25N3O6S. The largest absolute Gasteiger partial charge is 0.484 e. The van der Waals surface area contributed by atoms with E-state index in [1.54, 1.807) is 4.90 Å². The monoisotopic (exact) mass is 447 g/mol. The number of carbonyl (C=O) groups excluding carboxylic acids is 1. The molecule has 1 fully saturated rings. The number of non-ortho nitro benzene ring substituents is 1. The van der Waals surface area contributed by atoms with Gasteiger partial charge in [0.1, 0.15) is 5.75 Å². The van der Waals surface area contributed by atoms with E-state index in [1.165, 1.54) is 12.1 Å². The molecule has 0 bridgehead atoms. The van der Waals surface area contributed by atoms with Crippen LogP contribution in [0.3, 0.4) is 0 Å². The van der Waals surface area contributed by atoms with Gasteiger partial charge in [-0.1, -0.05) is 6.07 Å². The molecule has 1 saturated heterocycles. The summed E-state index contributed by atoms with van der Waals surface area (Å²) in [4.78, 5) is 24.2. The Hall–Kier alpha value is -2.98. The molecule has 0 spiro atoms. The van der Waals surface area contributed by atoms with Crippen molar-refractivity contribution >= 4 is 21.6 Å². The van der Waals surface area contributed by atoms with Gasteiger partial charge in [0.25, 0.3) is 11.6 Å². The number of nitrogens with one attached hydrogen (secondary N) is 1. The van der Waals surface area contributed by atoms with E-state index in [1.807, 2.05) is 32.0 Å². The fourth-order valence-electron chi connectivity index (χ4n) is 3.32. The van der Waals surface area contributed by atoms with Crippen LogP contribution in [0.25, 0.3) is 0 Å². The van der Waals surface area contributed by atoms with E-state index in [-0.39, 0.29) is 29.1 Å². The number of ether oxygens (including phenoxy) is 1. The van der Waals surface area contributed by atoms with E-state index in [0.29, 0.717) is 31.7 Å². The zero-order chi connectivity index (χ0) is 22.6. The summed E-state index contributed by atoms with van der Waals surface area (Å²) in [6, 6.07) is 10.1. The van der Waals surface area contributed by atoms with Crippen molar-refractivity contribution < 1.29 is 22.9 Å². The third-order valence-electron chi connectivity index (χ3n) is 5.37. The minimum Gasteiger partial charge on any atom is -0.484 e. The number of rotatable bonds is 7. The van der Waals surface area contributed by atoms with Gasteiger partial charge in [0.15, 0.2) is 6.61 Å². The number of amides is 1. The predicted molar refractivity (Wildman–Crippen MR) is 114 cm³/mol. The lowest BCUT2D eigenvalue weighted by Gasteiger charge is -2.32. The summed E-state index contributed by atoms with van der Waals surface area (Å²) in [6.07, 6.45) is 0.948. The fraction of sp³-hybridized carbons (Fsp3) is 0.381. The molecule has 0 atom stereocenters. The Balaban J connectivity index is 1.49. The van der Waals surface area contributed by atoms with Crippen LogP contribution in [-0.4, -0.2) is 49.9 Å². The molecule has 1 amide bonds. The zero-order valence-corrected chi connectivity index (χ0v) is 18.2. The molecule has 1 heterocycles. The lowest BCUT2D eigenvalue weighted by atomic mass is 10.1. The maximum atomic E-state index is 12.5. The molecule has 9 nitrogen and oxygen atoms in total. The van der Waals surface area contributed by atoms with Gasteiger partial charge >= 0.3 is 0 Å². The quantitative estimate of drug-likeness (QED) is 0.515. The Morgan fingerprint density at radius 1 is 1.13 bits per heavy atom. The summed E-state index contributed by atoms with van der Waals surface area (Å²) in [5.41, 5.74) is 2.07. The van der Waals surface area contributed by atoms with Crippen molar-refractivity contribution in [3.63, 3.8) is 0 Å². The van der Waals surface area contributed by atoms with Gasteiger partial charge < -0.3 is 9.64 Å². The molecule has 1 aliphatic heterocycles. The second-order valence-electron chi connectivity index (χ2n) is 7.56. The first-order valence-electron chi connectivity index (χ1n) is 9.90. The molecule has 1 N–H and O–H groups in total. The SMILES string of the molecule is Cc1ccc(OCC(=O)N2CCC(NS(=O)(=O)c3ccc([N+](=O)[O-])cc3)CC2)cc1C. The first-order chi connectivity index (χ1) is 14.7. The zero-order valence-electron chi connectivity index (χ0n) is 17.4. The minimum atomic E-state index is -3.79. The van der Waals surface area contributed by atoms with Crippen LogP contribution in [0.5, 0.6) is 5.75 Å². The van der Waals surface area contributed by atoms with Gasteiger partial charge in [-0.3, -0.25) is 14.9 Å². The summed E-state index contributed by atoms with van der Waals surface area (Å²) < 4.78 is 33.3. The van der Waals surface area contributed by atoms with Gasteiger partial charge in [-0.05, 0) is 62.1 Å². The van der Waals surface area contributed by atoms with Gasteiger partial charge in [0, 0.05) is 31.3 Å². The summed E-state index contributed by atoms with van der Waals surface area (Å²) in [6.45, 7) is 4.75. The molecule has 0 radical (unpaired) electrons. The highest BCUT2D eigenvalue weighted by atomic mass is 32.2. The lowest BCUT2D eigenvalue weighted by Crippen LogP contribution is -2.47. The summed E-state index contributed by atoms with van der Waals surface area (Å²) in [5, 5.41) is 10.7. The smallest absolute Gasteiger partial charge is 0.269 e. The van der Waals surface area contributed by atoms with Crippen molar-refractivity contribution in [1.82, 2.24) is 9.62 Å². The Kier molecular flexibility index (Phi) is 6.91. The molecular weight excluding hydrogens is 422 g/mol. The Bertz CT molecular complexity index is 1060. The normalized spacial score (nSPS) is 15.0. The van der Waals surface area contributed by atoms with Crippen molar-refractivity contribution in [3.05, 3.63) is 63.7 Å². The third kappa shape index (κ3) is 5.80. The number of likely N-dealkylation sites (tertiary alicyclic amines) is 1. The van der Waals surface area contributed by atoms with Crippen molar-refractivity contribution in [2.45, 2.75) is 37.6 Å². The number of sulfonamides is 1. The van der Waals surface area contributed by atoms with Crippen LogP contribution in [0.1, 0.15) is 24.0 Å². The molecule has 2 aromatic carbocycles. The summed E-state index contributed by atoms with van der Waals surface area (Å²) in [7, 11) is -3.79. The van der Waals surface area contributed by atoms with Gasteiger partial charge in [-0.25, -0.2) is 13.1 Å². The van der Waals surface area contributed by atoms with Gasteiger partial charge in [0.2, 0.25) is 10.0 Å². The standard InChI is InChI=1S/C21H25N3O6S/c1-15-3-6-19(13-16(15)2)30-14-21(25)23-11-9-17(10-12-23)22-31(28,29)20-7-4-18(5-8-20)24(26)27/h3-8,13,17,22H,9-12,14H2,1-2H3. The highest BCUT2D eigenvalue weighted by molar-refractivity contribution is 7.89. The van der Waals surface area contributed by atoms with E-state index in [4.69, 9.17) is 4.74 Å². The average molecular weight is 448 g/mol. The van der Waals surface area contributed by atoms with Crippen molar-refractivity contribution in [1.29, 1.82) is 0 Å². The number of benzene rings is 2. The molecule has 10 heteroatoms. The summed E-state index contributed by atoms with van der Waals surface area (Å²) in [5.74, 6) is 0.497. The average Bonchev–Trinajstić information content (AvgIpc) is 2.74. The van der Waals surface area contributed by atoms with E-state index in [0.717, 1.165) is 23.3 Å². The molecule has 1 aliphatic rings. The number of nitrogens with zero attached hydrogens (tertiary/aromatic N) is 2. The first-order valence-corrected chi connectivity index (χ1v) is 11.4. The molecule has 0 aliphatic carbocycles. The number of carbonyl (C=O) groups is 1. The molecule has 0 aromatic heterocycles. The minimum absolute atomic E-state index is 0.0293. The van der Waals surface area contributed by atoms with Crippen molar-refractivity contribution in [3.8, 4) is 5.75 Å². The van der Waals surface area contributed by atoms with E-state index in [9.17, 15) is 23.3 Å². The number of hydrogen-bond acceptors (Lipinski definition) is 6. The molecule has 2 aromatic rings. The molecule has 3 rings (SSSR count). The number of aryl methyl sites for hydroxylation is 2. The van der Waals surface area contributed by atoms with E-state index < -0.39 is 14.9 Å². The molecule has 31 heavy (non-hydrogen) atoms. The maximum absolute atomic E-state index is 12.5. The fourth-order valence-corrected chi connectivity index (χ4v) is 4.63. The predicted octanol–water partition coefficient (Wildman–Crippen LogP) is 2.56. The van der Waals surface area contributed by atoms with Gasteiger partial charge in [-0.2, -0.15) is 0 Å². The van der Waals surface area contributed by atoms with E-state index >= 15 is 0 Å². The van der Waals surface area contributed by atoms with Crippen LogP contribution in [0.4, 0.5) is 5.69 Å². The second-order valence-corrected chi connectivity index (χ2v) is 9.28. The van der Waals surface area contributed by atoms with Crippen molar-refractivity contribution in [2.24, 2.45) is 0 Å². The maximum Gasteiger partial charge on any atom is 0.269 e. The Morgan fingerprint density at radius 2 is 1.77 bits per heavy atom. The van der Waals surface area contributed by atoms with Crippen LogP contribution in [0.15, 0.2) is 47.4 Å². The van der Waals surface area contributed by atoms with Crippen LogP contribution < -0.4 is 9.46 Å².